The molecule has 0 saturated carbocycles. The minimum absolute atomic E-state index is 0.334. The predicted octanol–water partition coefficient (Wildman–Crippen LogP) is 3.46. The quantitative estimate of drug-likeness (QED) is 0.358. The molecule has 0 aliphatic carbocycles. The number of fused-ring (bicyclic) bond motifs is 1. The Hall–Kier alpha value is -3.85. The van der Waals surface area contributed by atoms with Crippen molar-refractivity contribution in [1.82, 2.24) is 20.2 Å². The second kappa shape index (κ2) is 10.2. The Kier molecular flexibility index (Phi) is 6.89. The van der Waals surface area contributed by atoms with Gasteiger partial charge in [-0.25, -0.2) is 9.37 Å². The van der Waals surface area contributed by atoms with Gasteiger partial charge in [0.25, 0.3) is 0 Å². The molecule has 0 atom stereocenters. The normalized spacial score (nSPS) is 11.1. The van der Waals surface area contributed by atoms with Crippen molar-refractivity contribution in [2.24, 2.45) is 5.73 Å². The van der Waals surface area contributed by atoms with Crippen molar-refractivity contribution in [3.8, 4) is 17.0 Å². The summed E-state index contributed by atoms with van der Waals surface area (Å²) in [6.07, 6.45) is 3.64. The van der Waals surface area contributed by atoms with Crippen molar-refractivity contribution < 1.29 is 18.7 Å². The predicted molar refractivity (Wildman–Crippen MR) is 121 cm³/mol. The van der Waals surface area contributed by atoms with Gasteiger partial charge in [0, 0.05) is 35.6 Å². The molecule has 1 amide bonds. The van der Waals surface area contributed by atoms with E-state index in [1.807, 2.05) is 0 Å². The fraction of sp³-hybridized carbons (Fsp3) is 0.250. The molecule has 3 N–H and O–H groups in total. The standard InChI is InChI=1S/C24H24FN5O3/c1-32-11-12-33-23-18-10-7-16(24(26)31)13-20(18)29-22(15-5-8-17(25)9-6-15)19(23)3-2-4-21-27-14-28-30-21/h5-10,13-14H,2-4,11-12H2,1H3,(H2,26,31)(H,27,28,30). The number of nitrogens with two attached hydrogens (primary N) is 1. The van der Waals surface area contributed by atoms with Gasteiger partial charge in [-0.3, -0.25) is 4.79 Å². The number of carbonyl (C=O) groups is 1. The molecule has 170 valence electrons. The lowest BCUT2D eigenvalue weighted by atomic mass is 9.97. The van der Waals surface area contributed by atoms with Gasteiger partial charge in [0.1, 0.15) is 30.3 Å². The van der Waals surface area contributed by atoms with Gasteiger partial charge in [-0.15, -0.1) is 10.2 Å². The van der Waals surface area contributed by atoms with Crippen molar-refractivity contribution in [2.45, 2.75) is 19.3 Å². The number of hydrogen-bond donors (Lipinski definition) is 2. The topological polar surface area (TPSA) is 116 Å². The van der Waals surface area contributed by atoms with Crippen molar-refractivity contribution >= 4 is 16.8 Å². The number of aryl methyl sites for hydroxylation is 1. The lowest BCUT2D eigenvalue weighted by molar-refractivity contribution is 0.100. The molecular formula is C24H24FN5O3. The van der Waals surface area contributed by atoms with Crippen LogP contribution >= 0.6 is 0 Å². The van der Waals surface area contributed by atoms with Crippen LogP contribution in [0.15, 0.2) is 48.8 Å². The number of H-pyrrole nitrogens is 1. The van der Waals surface area contributed by atoms with E-state index >= 15 is 0 Å². The monoisotopic (exact) mass is 449 g/mol. The lowest BCUT2D eigenvalue weighted by Crippen LogP contribution is -2.12. The van der Waals surface area contributed by atoms with Crippen LogP contribution in [0, 0.1) is 5.82 Å². The number of hydrogen-bond acceptors (Lipinski definition) is 6. The molecule has 0 radical (unpaired) electrons. The molecule has 0 unspecified atom stereocenters. The Bertz CT molecular complexity index is 1240. The molecule has 0 bridgehead atoms. The first-order valence-electron chi connectivity index (χ1n) is 10.6. The Morgan fingerprint density at radius 2 is 1.94 bits per heavy atom. The minimum Gasteiger partial charge on any atom is -0.490 e. The van der Waals surface area contributed by atoms with E-state index in [9.17, 15) is 9.18 Å². The number of rotatable bonds is 10. The van der Waals surface area contributed by atoms with Crippen LogP contribution in [-0.2, 0) is 17.6 Å². The lowest BCUT2D eigenvalue weighted by Gasteiger charge is -2.18. The van der Waals surface area contributed by atoms with Gasteiger partial charge in [-0.05, 0) is 55.3 Å². The highest BCUT2D eigenvalue weighted by Crippen LogP contribution is 2.37. The highest BCUT2D eigenvalue weighted by atomic mass is 19.1. The molecule has 8 nitrogen and oxygen atoms in total. The Balaban J connectivity index is 1.84. The van der Waals surface area contributed by atoms with Crippen molar-refractivity contribution in [2.75, 3.05) is 20.3 Å². The molecule has 0 fully saturated rings. The molecule has 0 aliphatic heterocycles. The SMILES string of the molecule is COCCOc1c(CCCc2nnc[nH]2)c(-c2ccc(F)cc2)nc2cc(C(N)=O)ccc12. The second-order valence-electron chi connectivity index (χ2n) is 7.50. The fourth-order valence-corrected chi connectivity index (χ4v) is 3.68. The summed E-state index contributed by atoms with van der Waals surface area (Å²) in [6.45, 7) is 0.748. The number of nitrogens with one attached hydrogen (secondary N) is 1. The van der Waals surface area contributed by atoms with Crippen LogP contribution in [0.4, 0.5) is 4.39 Å². The molecule has 0 saturated heterocycles. The first-order chi connectivity index (χ1) is 16.1. The number of halogens is 1. The van der Waals surface area contributed by atoms with Crippen LogP contribution in [0.3, 0.4) is 0 Å². The molecule has 9 heteroatoms. The summed E-state index contributed by atoms with van der Waals surface area (Å²) < 4.78 is 25.0. The van der Waals surface area contributed by atoms with Gasteiger partial charge in [-0.2, -0.15) is 0 Å². The van der Waals surface area contributed by atoms with Crippen LogP contribution in [0.1, 0.15) is 28.2 Å². The van der Waals surface area contributed by atoms with Crippen molar-refractivity contribution in [1.29, 1.82) is 0 Å². The zero-order valence-corrected chi connectivity index (χ0v) is 18.2. The Morgan fingerprint density at radius 3 is 2.64 bits per heavy atom. The highest BCUT2D eigenvalue weighted by Gasteiger charge is 2.19. The molecule has 0 spiro atoms. The number of pyridine rings is 1. The van der Waals surface area contributed by atoms with E-state index in [0.717, 1.165) is 28.8 Å². The number of nitrogens with zero attached hydrogens (tertiary/aromatic N) is 3. The van der Waals surface area contributed by atoms with Crippen LogP contribution in [0.25, 0.3) is 22.2 Å². The second-order valence-corrected chi connectivity index (χ2v) is 7.50. The highest BCUT2D eigenvalue weighted by molar-refractivity contribution is 5.99. The molecular weight excluding hydrogens is 425 g/mol. The third kappa shape index (κ3) is 5.15. The van der Waals surface area contributed by atoms with Crippen LogP contribution in [0.2, 0.25) is 0 Å². The Labute approximate surface area is 190 Å². The number of primary amides is 1. The zero-order chi connectivity index (χ0) is 23.2. The molecule has 2 heterocycles. The summed E-state index contributed by atoms with van der Waals surface area (Å²) in [5.41, 5.74) is 8.68. The largest absolute Gasteiger partial charge is 0.490 e. The summed E-state index contributed by atoms with van der Waals surface area (Å²) in [5, 5.41) is 8.63. The molecule has 2 aromatic heterocycles. The summed E-state index contributed by atoms with van der Waals surface area (Å²) in [4.78, 5) is 19.6. The van der Waals surface area contributed by atoms with E-state index in [4.69, 9.17) is 20.2 Å². The minimum atomic E-state index is -0.542. The average molecular weight is 449 g/mol. The van der Waals surface area contributed by atoms with Crippen molar-refractivity contribution in [3.05, 3.63) is 71.6 Å². The van der Waals surface area contributed by atoms with E-state index in [0.29, 0.717) is 48.6 Å². The van der Waals surface area contributed by atoms with E-state index in [1.165, 1.54) is 12.1 Å². The molecule has 4 aromatic rings. The number of methoxy groups -OCH3 is 1. The number of aromatic amines is 1. The summed E-state index contributed by atoms with van der Waals surface area (Å²) in [5.74, 6) is 0.573. The van der Waals surface area contributed by atoms with Gasteiger partial charge >= 0.3 is 0 Å². The van der Waals surface area contributed by atoms with Gasteiger partial charge in [0.05, 0.1) is 17.8 Å². The fourth-order valence-electron chi connectivity index (χ4n) is 3.68. The van der Waals surface area contributed by atoms with Gasteiger partial charge < -0.3 is 20.2 Å². The maximum Gasteiger partial charge on any atom is 0.248 e. The summed E-state index contributed by atoms with van der Waals surface area (Å²) in [6, 6.07) is 11.2. The Morgan fingerprint density at radius 1 is 1.12 bits per heavy atom. The maximum atomic E-state index is 13.6. The number of aromatic nitrogens is 4. The molecule has 4 rings (SSSR count). The zero-order valence-electron chi connectivity index (χ0n) is 18.2. The van der Waals surface area contributed by atoms with Crippen molar-refractivity contribution in [3.63, 3.8) is 0 Å². The summed E-state index contributed by atoms with van der Waals surface area (Å²) >= 11 is 0. The first kappa shape index (κ1) is 22.3. The number of amides is 1. The van der Waals surface area contributed by atoms with Gasteiger partial charge in [-0.1, -0.05) is 0 Å². The number of benzene rings is 2. The summed E-state index contributed by atoms with van der Waals surface area (Å²) in [7, 11) is 1.61. The third-order valence-electron chi connectivity index (χ3n) is 5.28. The maximum absolute atomic E-state index is 13.6. The van der Waals surface area contributed by atoms with Gasteiger partial charge in [0.2, 0.25) is 5.91 Å². The third-order valence-corrected chi connectivity index (χ3v) is 5.28. The first-order valence-corrected chi connectivity index (χ1v) is 10.6. The average Bonchev–Trinajstić information content (AvgIpc) is 3.33. The van der Waals surface area contributed by atoms with E-state index in [1.54, 1.807) is 43.8 Å². The van der Waals surface area contributed by atoms with Gasteiger partial charge in [0.15, 0.2) is 0 Å². The molecule has 2 aromatic carbocycles. The smallest absolute Gasteiger partial charge is 0.248 e. The van der Waals surface area contributed by atoms with Crippen LogP contribution in [-0.4, -0.2) is 46.4 Å². The van der Waals surface area contributed by atoms with E-state index in [-0.39, 0.29) is 5.82 Å². The molecule has 33 heavy (non-hydrogen) atoms. The molecule has 0 aliphatic rings. The van der Waals surface area contributed by atoms with E-state index in [2.05, 4.69) is 15.2 Å². The van der Waals surface area contributed by atoms with Crippen LogP contribution in [0.5, 0.6) is 5.75 Å². The number of ether oxygens (including phenoxy) is 2. The van der Waals surface area contributed by atoms with Crippen LogP contribution < -0.4 is 10.5 Å². The van der Waals surface area contributed by atoms with E-state index < -0.39 is 5.91 Å². The number of carbonyl (C=O) groups excluding carboxylic acids is 1.